The first kappa shape index (κ1) is 11.0. The van der Waals surface area contributed by atoms with Crippen LogP contribution in [0.3, 0.4) is 0 Å². The number of anilines is 1. The van der Waals surface area contributed by atoms with Crippen molar-refractivity contribution in [1.29, 1.82) is 5.26 Å². The maximum Gasteiger partial charge on any atom is 0.0991 e. The molecule has 0 aromatic heterocycles. The molecule has 1 fully saturated rings. The number of methoxy groups -OCH3 is 1. The third-order valence-corrected chi connectivity index (χ3v) is 3.33. The zero-order valence-corrected chi connectivity index (χ0v) is 9.49. The summed E-state index contributed by atoms with van der Waals surface area (Å²) in [5, 5.41) is 12.0. The number of ether oxygens (including phenoxy) is 1. The molecule has 0 bridgehead atoms. The van der Waals surface area contributed by atoms with Gasteiger partial charge in [-0.25, -0.2) is 0 Å². The SMILES string of the molecule is COC1(CNc2ccc(C#N)cc2)CCC1. The van der Waals surface area contributed by atoms with Crippen molar-refractivity contribution in [2.45, 2.75) is 24.9 Å². The molecule has 16 heavy (non-hydrogen) atoms. The van der Waals surface area contributed by atoms with Crippen LogP contribution in [-0.2, 0) is 4.74 Å². The standard InChI is InChI=1S/C13H16N2O/c1-16-13(7-2-8-13)10-15-12-5-3-11(9-14)4-6-12/h3-6,15H,2,7-8,10H2,1H3. The third-order valence-electron chi connectivity index (χ3n) is 3.33. The average Bonchev–Trinajstić information content (AvgIpc) is 2.29. The largest absolute Gasteiger partial charge is 0.382 e. The number of rotatable bonds is 4. The van der Waals surface area contributed by atoms with Crippen LogP contribution >= 0.6 is 0 Å². The van der Waals surface area contributed by atoms with Crippen LogP contribution in [-0.4, -0.2) is 19.3 Å². The van der Waals surface area contributed by atoms with Gasteiger partial charge in [0.15, 0.2) is 0 Å². The molecule has 0 radical (unpaired) electrons. The van der Waals surface area contributed by atoms with Gasteiger partial charge in [0.2, 0.25) is 0 Å². The lowest BCUT2D eigenvalue weighted by Gasteiger charge is -2.40. The van der Waals surface area contributed by atoms with Crippen LogP contribution < -0.4 is 5.32 Å². The predicted molar refractivity (Wildman–Crippen MR) is 63.2 cm³/mol. The Labute approximate surface area is 96.0 Å². The fourth-order valence-electron chi connectivity index (χ4n) is 1.95. The van der Waals surface area contributed by atoms with E-state index in [-0.39, 0.29) is 5.60 Å². The summed E-state index contributed by atoms with van der Waals surface area (Å²) in [6, 6.07) is 9.61. The minimum atomic E-state index is 0.0356. The highest BCUT2D eigenvalue weighted by atomic mass is 16.5. The van der Waals surface area contributed by atoms with Gasteiger partial charge in [-0.2, -0.15) is 5.26 Å². The molecule has 1 aromatic carbocycles. The number of nitriles is 1. The molecule has 3 nitrogen and oxygen atoms in total. The van der Waals surface area contributed by atoms with Crippen molar-refractivity contribution in [3.8, 4) is 6.07 Å². The Kier molecular flexibility index (Phi) is 3.12. The third kappa shape index (κ3) is 2.17. The van der Waals surface area contributed by atoms with Gasteiger partial charge >= 0.3 is 0 Å². The Morgan fingerprint density at radius 2 is 2.06 bits per heavy atom. The molecule has 0 amide bonds. The van der Waals surface area contributed by atoms with Crippen LogP contribution in [0.25, 0.3) is 0 Å². The molecular formula is C13H16N2O. The van der Waals surface area contributed by atoms with E-state index in [1.54, 1.807) is 7.11 Å². The monoisotopic (exact) mass is 216 g/mol. The van der Waals surface area contributed by atoms with Crippen LogP contribution in [0.4, 0.5) is 5.69 Å². The molecule has 1 aliphatic rings. The quantitative estimate of drug-likeness (QED) is 0.841. The molecule has 0 saturated heterocycles. The molecule has 1 aliphatic carbocycles. The summed E-state index contributed by atoms with van der Waals surface area (Å²) >= 11 is 0. The molecule has 1 N–H and O–H groups in total. The minimum absolute atomic E-state index is 0.0356. The second-order valence-corrected chi connectivity index (χ2v) is 4.28. The highest BCUT2D eigenvalue weighted by molar-refractivity contribution is 5.47. The topological polar surface area (TPSA) is 45.0 Å². The fourth-order valence-corrected chi connectivity index (χ4v) is 1.95. The zero-order chi connectivity index (χ0) is 11.4. The Morgan fingerprint density at radius 1 is 1.38 bits per heavy atom. The molecule has 84 valence electrons. The highest BCUT2D eigenvalue weighted by Crippen LogP contribution is 2.35. The van der Waals surface area contributed by atoms with E-state index in [2.05, 4.69) is 11.4 Å². The predicted octanol–water partition coefficient (Wildman–Crippen LogP) is 2.54. The van der Waals surface area contributed by atoms with Gasteiger partial charge in [0, 0.05) is 19.3 Å². The lowest BCUT2D eigenvalue weighted by atomic mass is 9.80. The van der Waals surface area contributed by atoms with Crippen LogP contribution in [0.2, 0.25) is 0 Å². The van der Waals surface area contributed by atoms with Gasteiger partial charge in [-0.1, -0.05) is 0 Å². The lowest BCUT2D eigenvalue weighted by Crippen LogP contribution is -2.45. The molecule has 2 rings (SSSR count). The van der Waals surface area contributed by atoms with Crippen molar-refractivity contribution in [1.82, 2.24) is 0 Å². The average molecular weight is 216 g/mol. The normalized spacial score (nSPS) is 17.2. The molecule has 1 aromatic rings. The Bertz CT molecular complexity index is 382. The first-order chi connectivity index (χ1) is 7.78. The van der Waals surface area contributed by atoms with E-state index in [4.69, 9.17) is 10.00 Å². The maximum atomic E-state index is 8.68. The Morgan fingerprint density at radius 3 is 2.50 bits per heavy atom. The van der Waals surface area contributed by atoms with E-state index in [1.807, 2.05) is 24.3 Å². The molecule has 3 heteroatoms. The minimum Gasteiger partial charge on any atom is -0.382 e. The number of benzene rings is 1. The second kappa shape index (κ2) is 4.54. The van der Waals surface area contributed by atoms with Crippen LogP contribution in [0.15, 0.2) is 24.3 Å². The maximum absolute atomic E-state index is 8.68. The van der Waals surface area contributed by atoms with Crippen molar-refractivity contribution in [2.24, 2.45) is 0 Å². The second-order valence-electron chi connectivity index (χ2n) is 4.28. The van der Waals surface area contributed by atoms with Crippen LogP contribution in [0.1, 0.15) is 24.8 Å². The molecular weight excluding hydrogens is 200 g/mol. The van der Waals surface area contributed by atoms with E-state index in [0.29, 0.717) is 5.56 Å². The Balaban J connectivity index is 1.92. The lowest BCUT2D eigenvalue weighted by molar-refractivity contribution is -0.0601. The van der Waals surface area contributed by atoms with Gasteiger partial charge in [0.1, 0.15) is 0 Å². The smallest absolute Gasteiger partial charge is 0.0991 e. The van der Waals surface area contributed by atoms with Crippen molar-refractivity contribution in [2.75, 3.05) is 19.0 Å². The number of nitrogens with zero attached hydrogens (tertiary/aromatic N) is 1. The number of nitrogens with one attached hydrogen (secondary N) is 1. The molecule has 0 aliphatic heterocycles. The van der Waals surface area contributed by atoms with E-state index in [0.717, 1.165) is 25.1 Å². The van der Waals surface area contributed by atoms with Gasteiger partial charge in [0.05, 0.1) is 17.2 Å². The van der Waals surface area contributed by atoms with Gasteiger partial charge in [0.25, 0.3) is 0 Å². The van der Waals surface area contributed by atoms with Gasteiger partial charge in [-0.15, -0.1) is 0 Å². The first-order valence-corrected chi connectivity index (χ1v) is 5.57. The summed E-state index contributed by atoms with van der Waals surface area (Å²) in [6.45, 7) is 0.843. The molecule has 0 spiro atoms. The van der Waals surface area contributed by atoms with Crippen molar-refractivity contribution < 1.29 is 4.74 Å². The number of hydrogen-bond acceptors (Lipinski definition) is 3. The van der Waals surface area contributed by atoms with Crippen LogP contribution in [0, 0.1) is 11.3 Å². The van der Waals surface area contributed by atoms with Crippen molar-refractivity contribution in [3.63, 3.8) is 0 Å². The molecule has 0 heterocycles. The van der Waals surface area contributed by atoms with Crippen molar-refractivity contribution in [3.05, 3.63) is 29.8 Å². The van der Waals surface area contributed by atoms with Crippen molar-refractivity contribution >= 4 is 5.69 Å². The van der Waals surface area contributed by atoms with Gasteiger partial charge in [-0.3, -0.25) is 0 Å². The summed E-state index contributed by atoms with van der Waals surface area (Å²) in [4.78, 5) is 0. The van der Waals surface area contributed by atoms with Gasteiger partial charge in [-0.05, 0) is 43.5 Å². The summed E-state index contributed by atoms with van der Waals surface area (Å²) in [5.41, 5.74) is 1.77. The molecule has 0 unspecified atom stereocenters. The van der Waals surface area contributed by atoms with Crippen LogP contribution in [0.5, 0.6) is 0 Å². The summed E-state index contributed by atoms with van der Waals surface area (Å²) < 4.78 is 5.53. The molecule has 0 atom stereocenters. The van der Waals surface area contributed by atoms with E-state index in [1.165, 1.54) is 6.42 Å². The Hall–Kier alpha value is -1.53. The van der Waals surface area contributed by atoms with E-state index < -0.39 is 0 Å². The van der Waals surface area contributed by atoms with E-state index >= 15 is 0 Å². The first-order valence-electron chi connectivity index (χ1n) is 5.57. The summed E-state index contributed by atoms with van der Waals surface area (Å²) in [7, 11) is 1.78. The number of hydrogen-bond donors (Lipinski definition) is 1. The zero-order valence-electron chi connectivity index (χ0n) is 9.49. The van der Waals surface area contributed by atoms with Gasteiger partial charge < -0.3 is 10.1 Å². The highest BCUT2D eigenvalue weighted by Gasteiger charge is 2.36. The fraction of sp³-hybridized carbons (Fsp3) is 0.462. The summed E-state index contributed by atoms with van der Waals surface area (Å²) in [5.74, 6) is 0. The molecule has 1 saturated carbocycles. The summed E-state index contributed by atoms with van der Waals surface area (Å²) in [6.07, 6.45) is 3.52. The van der Waals surface area contributed by atoms with E-state index in [9.17, 15) is 0 Å².